The second kappa shape index (κ2) is 4.66. The van der Waals surface area contributed by atoms with E-state index in [0.29, 0.717) is 16.9 Å². The van der Waals surface area contributed by atoms with Crippen LogP contribution in [0.15, 0.2) is 15.9 Å². The van der Waals surface area contributed by atoms with Gasteiger partial charge in [-0.2, -0.15) is 0 Å². The van der Waals surface area contributed by atoms with E-state index in [1.807, 2.05) is 11.4 Å². The number of hydrogen-bond donors (Lipinski definition) is 0. The maximum atomic E-state index is 6.04. The number of halogens is 1. The van der Waals surface area contributed by atoms with Gasteiger partial charge in [-0.3, -0.25) is 0 Å². The van der Waals surface area contributed by atoms with E-state index in [4.69, 9.17) is 16.0 Å². The van der Waals surface area contributed by atoms with Gasteiger partial charge in [0.2, 0.25) is 0 Å². The van der Waals surface area contributed by atoms with Crippen molar-refractivity contribution in [1.82, 2.24) is 10.2 Å². The molecule has 0 amide bonds. The van der Waals surface area contributed by atoms with Crippen LogP contribution in [0.2, 0.25) is 5.02 Å². The van der Waals surface area contributed by atoms with E-state index in [9.17, 15) is 0 Å². The summed E-state index contributed by atoms with van der Waals surface area (Å²) in [4.78, 5) is 2.99. The van der Waals surface area contributed by atoms with Crippen molar-refractivity contribution in [2.24, 2.45) is 0 Å². The normalized spacial score (nSPS) is 16.4. The van der Waals surface area contributed by atoms with Crippen LogP contribution < -0.4 is 4.90 Å². The van der Waals surface area contributed by atoms with Gasteiger partial charge in [-0.1, -0.05) is 16.7 Å². The first-order valence-corrected chi connectivity index (χ1v) is 6.92. The van der Waals surface area contributed by atoms with Gasteiger partial charge < -0.3 is 9.32 Å². The lowest BCUT2D eigenvalue weighted by molar-refractivity contribution is 0.498. The van der Waals surface area contributed by atoms with Crippen LogP contribution in [-0.2, 0) is 0 Å². The Hall–Kier alpha value is -1.07. The molecule has 0 spiro atoms. The topological polar surface area (TPSA) is 42.2 Å². The minimum absolute atomic E-state index is 0.519. The number of hydrogen-bond acceptors (Lipinski definition) is 5. The summed E-state index contributed by atoms with van der Waals surface area (Å²) in [6.07, 6.45) is 3.67. The van der Waals surface area contributed by atoms with Crippen LogP contribution >= 0.6 is 22.9 Å². The first kappa shape index (κ1) is 11.0. The zero-order valence-corrected chi connectivity index (χ0v) is 10.8. The minimum Gasteiger partial charge on any atom is -0.402 e. The molecule has 0 aromatic carbocycles. The summed E-state index contributed by atoms with van der Waals surface area (Å²) in [7, 11) is 0. The molecule has 0 radical (unpaired) electrons. The molecule has 0 atom stereocenters. The highest BCUT2D eigenvalue weighted by atomic mass is 35.5. The monoisotopic (exact) mass is 269 g/mol. The average molecular weight is 270 g/mol. The predicted octanol–water partition coefficient (Wildman–Crippen LogP) is 3.44. The van der Waals surface area contributed by atoms with E-state index >= 15 is 0 Å². The van der Waals surface area contributed by atoms with E-state index < -0.39 is 0 Å². The van der Waals surface area contributed by atoms with Crippen molar-refractivity contribution in [3.8, 4) is 10.8 Å². The second-order valence-corrected chi connectivity index (χ2v) is 5.36. The molecule has 1 fully saturated rings. The summed E-state index contributed by atoms with van der Waals surface area (Å²) in [5.74, 6) is 0.519. The molecule has 0 saturated carbocycles. The summed E-state index contributed by atoms with van der Waals surface area (Å²) >= 11 is 7.55. The average Bonchev–Trinajstić information content (AvgIpc) is 2.98. The molecule has 1 saturated heterocycles. The van der Waals surface area contributed by atoms with Gasteiger partial charge in [0, 0.05) is 13.1 Å². The third-order valence-corrected chi connectivity index (χ3v) is 4.18. The smallest absolute Gasteiger partial charge is 0.318 e. The Labute approximate surface area is 108 Å². The Morgan fingerprint density at radius 3 is 2.76 bits per heavy atom. The van der Waals surface area contributed by atoms with Crippen LogP contribution in [0.25, 0.3) is 10.8 Å². The Morgan fingerprint density at radius 2 is 2.06 bits per heavy atom. The molecule has 1 aliphatic rings. The van der Waals surface area contributed by atoms with Crippen molar-refractivity contribution in [2.45, 2.75) is 19.3 Å². The van der Waals surface area contributed by atoms with Crippen LogP contribution in [0, 0.1) is 0 Å². The third-order valence-electron chi connectivity index (χ3n) is 2.85. The highest BCUT2D eigenvalue weighted by Gasteiger charge is 2.19. The van der Waals surface area contributed by atoms with E-state index in [0.717, 1.165) is 18.0 Å². The van der Waals surface area contributed by atoms with Crippen LogP contribution in [0.4, 0.5) is 6.01 Å². The van der Waals surface area contributed by atoms with Crippen molar-refractivity contribution in [1.29, 1.82) is 0 Å². The molecule has 0 aliphatic carbocycles. The molecule has 3 heterocycles. The fourth-order valence-corrected chi connectivity index (χ4v) is 3.02. The molecule has 0 bridgehead atoms. The standard InChI is InChI=1S/C11H12ClN3OS/c12-8-4-7-17-9(8)10-13-14-11(16-10)15-5-2-1-3-6-15/h4,7H,1-3,5-6H2. The van der Waals surface area contributed by atoms with E-state index in [1.54, 1.807) is 0 Å². The Balaban J connectivity index is 1.85. The molecule has 0 N–H and O–H groups in total. The summed E-state index contributed by atoms with van der Waals surface area (Å²) in [5.41, 5.74) is 0. The molecular weight excluding hydrogens is 258 g/mol. The number of aromatic nitrogens is 2. The van der Waals surface area contributed by atoms with Gasteiger partial charge in [-0.25, -0.2) is 0 Å². The number of rotatable bonds is 2. The number of anilines is 1. The van der Waals surface area contributed by atoms with Crippen LogP contribution in [0.5, 0.6) is 0 Å². The molecule has 90 valence electrons. The highest BCUT2D eigenvalue weighted by Crippen LogP contribution is 2.33. The lowest BCUT2D eigenvalue weighted by Crippen LogP contribution is -2.29. The lowest BCUT2D eigenvalue weighted by Gasteiger charge is -2.24. The summed E-state index contributed by atoms with van der Waals surface area (Å²) in [6, 6.07) is 2.45. The van der Waals surface area contributed by atoms with Crippen molar-refractivity contribution < 1.29 is 4.42 Å². The van der Waals surface area contributed by atoms with Gasteiger partial charge in [0.1, 0.15) is 4.88 Å². The SMILES string of the molecule is Clc1ccsc1-c1nnc(N2CCCCC2)o1. The van der Waals surface area contributed by atoms with Crippen molar-refractivity contribution in [2.75, 3.05) is 18.0 Å². The quantitative estimate of drug-likeness (QED) is 0.838. The second-order valence-electron chi connectivity index (χ2n) is 4.04. The summed E-state index contributed by atoms with van der Waals surface area (Å²) in [6.45, 7) is 2.00. The molecule has 6 heteroatoms. The van der Waals surface area contributed by atoms with Crippen LogP contribution in [0.3, 0.4) is 0 Å². The van der Waals surface area contributed by atoms with Gasteiger partial charge in [0.05, 0.1) is 5.02 Å². The molecule has 1 aliphatic heterocycles. The molecule has 3 rings (SSSR count). The van der Waals surface area contributed by atoms with Gasteiger partial charge in [0.25, 0.3) is 5.89 Å². The Kier molecular flexibility index (Phi) is 3.03. The first-order valence-electron chi connectivity index (χ1n) is 5.66. The van der Waals surface area contributed by atoms with E-state index in [1.165, 1.54) is 30.6 Å². The van der Waals surface area contributed by atoms with Gasteiger partial charge >= 0.3 is 6.01 Å². The number of thiophene rings is 1. The molecular formula is C11H12ClN3OS. The largest absolute Gasteiger partial charge is 0.402 e. The molecule has 0 unspecified atom stereocenters. The van der Waals surface area contributed by atoms with Crippen molar-refractivity contribution in [3.05, 3.63) is 16.5 Å². The van der Waals surface area contributed by atoms with Gasteiger partial charge in [-0.15, -0.1) is 16.4 Å². The number of nitrogens with zero attached hydrogens (tertiary/aromatic N) is 3. The molecule has 4 nitrogen and oxygen atoms in total. The zero-order valence-electron chi connectivity index (χ0n) is 9.23. The summed E-state index contributed by atoms with van der Waals surface area (Å²) < 4.78 is 5.68. The van der Waals surface area contributed by atoms with E-state index in [-0.39, 0.29) is 0 Å². The maximum absolute atomic E-state index is 6.04. The highest BCUT2D eigenvalue weighted by molar-refractivity contribution is 7.14. The maximum Gasteiger partial charge on any atom is 0.318 e. The van der Waals surface area contributed by atoms with E-state index in [2.05, 4.69) is 15.1 Å². The molecule has 17 heavy (non-hydrogen) atoms. The predicted molar refractivity (Wildman–Crippen MR) is 68.7 cm³/mol. The Bertz CT molecular complexity index is 504. The lowest BCUT2D eigenvalue weighted by atomic mass is 10.1. The van der Waals surface area contributed by atoms with Gasteiger partial charge in [0.15, 0.2) is 0 Å². The van der Waals surface area contributed by atoms with Crippen LogP contribution in [-0.4, -0.2) is 23.3 Å². The first-order chi connectivity index (χ1) is 8.34. The molecule has 2 aromatic heterocycles. The molecule has 2 aromatic rings. The van der Waals surface area contributed by atoms with Crippen molar-refractivity contribution >= 4 is 29.0 Å². The fourth-order valence-electron chi connectivity index (χ4n) is 1.97. The fraction of sp³-hybridized carbons (Fsp3) is 0.455. The third kappa shape index (κ3) is 2.17. The zero-order chi connectivity index (χ0) is 11.7. The number of piperidine rings is 1. The summed E-state index contributed by atoms with van der Waals surface area (Å²) in [5, 5.41) is 10.7. The Morgan fingerprint density at radius 1 is 1.24 bits per heavy atom. The van der Waals surface area contributed by atoms with Crippen LogP contribution in [0.1, 0.15) is 19.3 Å². The van der Waals surface area contributed by atoms with Gasteiger partial charge in [-0.05, 0) is 30.7 Å². The minimum atomic E-state index is 0.519. The van der Waals surface area contributed by atoms with Crippen molar-refractivity contribution in [3.63, 3.8) is 0 Å².